The van der Waals surface area contributed by atoms with Crippen molar-refractivity contribution in [2.75, 3.05) is 26.2 Å². The minimum atomic E-state index is 0.0216. The number of hydrogen-bond acceptors (Lipinski definition) is 2. The molecular formula is C16H23ClN2O2. The van der Waals surface area contributed by atoms with Crippen LogP contribution in [-0.4, -0.2) is 37.2 Å². The number of amides is 2. The molecule has 1 N–H and O–H groups in total. The average Bonchev–Trinajstić information content (AvgIpc) is 2.74. The summed E-state index contributed by atoms with van der Waals surface area (Å²) in [5.41, 5.74) is 1.00. The van der Waals surface area contributed by atoms with Gasteiger partial charge in [0.25, 0.3) is 0 Å². The summed E-state index contributed by atoms with van der Waals surface area (Å²) in [5.74, 6) is 0.809. The maximum atomic E-state index is 12.0. The van der Waals surface area contributed by atoms with Gasteiger partial charge in [0.15, 0.2) is 0 Å². The second-order valence-electron chi connectivity index (χ2n) is 5.39. The van der Waals surface area contributed by atoms with Gasteiger partial charge in [0.05, 0.1) is 6.54 Å². The quantitative estimate of drug-likeness (QED) is 0.863. The lowest BCUT2D eigenvalue weighted by Gasteiger charge is -2.20. The summed E-state index contributed by atoms with van der Waals surface area (Å²) >= 11 is 5.90. The number of likely N-dealkylation sites (tertiary alicyclic amines) is 1. The molecule has 0 spiro atoms. The maximum Gasteiger partial charge on any atom is 0.317 e. The first-order valence-electron chi connectivity index (χ1n) is 7.58. The first-order valence-corrected chi connectivity index (χ1v) is 7.96. The number of urea groups is 1. The molecule has 4 nitrogen and oxygen atoms in total. The number of ether oxygens (including phenoxy) is 1. The average molecular weight is 311 g/mol. The van der Waals surface area contributed by atoms with E-state index in [0.29, 0.717) is 18.2 Å². The lowest BCUT2D eigenvalue weighted by Crippen LogP contribution is -2.41. The Bertz CT molecular complexity index is 471. The number of nitrogens with one attached hydrogen (secondary N) is 1. The topological polar surface area (TPSA) is 41.6 Å². The number of carbonyl (C=O) groups is 1. The fourth-order valence-electron chi connectivity index (χ4n) is 2.48. The fourth-order valence-corrected chi connectivity index (χ4v) is 2.71. The van der Waals surface area contributed by atoms with E-state index in [0.717, 1.165) is 37.2 Å². The number of hydrogen-bond donors (Lipinski definition) is 1. The van der Waals surface area contributed by atoms with E-state index in [1.807, 2.05) is 24.0 Å². The zero-order chi connectivity index (χ0) is 15.1. The monoisotopic (exact) mass is 310 g/mol. The van der Waals surface area contributed by atoms with Gasteiger partial charge in [0.1, 0.15) is 12.4 Å². The summed E-state index contributed by atoms with van der Waals surface area (Å²) in [4.78, 5) is 13.9. The van der Waals surface area contributed by atoms with Crippen molar-refractivity contribution in [3.05, 3.63) is 28.8 Å². The fraction of sp³-hybridized carbons (Fsp3) is 0.562. The third kappa shape index (κ3) is 5.12. The second-order valence-corrected chi connectivity index (χ2v) is 5.83. The van der Waals surface area contributed by atoms with Gasteiger partial charge in [-0.15, -0.1) is 0 Å². The van der Waals surface area contributed by atoms with Crippen LogP contribution in [0, 0.1) is 6.92 Å². The van der Waals surface area contributed by atoms with Gasteiger partial charge < -0.3 is 15.0 Å². The zero-order valence-electron chi connectivity index (χ0n) is 12.5. The van der Waals surface area contributed by atoms with Crippen LogP contribution in [0.1, 0.15) is 31.2 Å². The van der Waals surface area contributed by atoms with E-state index in [1.54, 1.807) is 6.07 Å². The molecule has 0 aliphatic carbocycles. The second kappa shape index (κ2) is 8.13. The molecule has 0 aromatic heterocycles. The van der Waals surface area contributed by atoms with Gasteiger partial charge in [0.2, 0.25) is 0 Å². The van der Waals surface area contributed by atoms with Crippen LogP contribution in [0.3, 0.4) is 0 Å². The van der Waals surface area contributed by atoms with Crippen molar-refractivity contribution in [3.8, 4) is 5.75 Å². The molecular weight excluding hydrogens is 288 g/mol. The smallest absolute Gasteiger partial charge is 0.317 e. The highest BCUT2D eigenvalue weighted by Gasteiger charge is 2.14. The maximum absolute atomic E-state index is 12.0. The molecule has 1 aromatic carbocycles. The summed E-state index contributed by atoms with van der Waals surface area (Å²) in [6.45, 7) is 4.66. The van der Waals surface area contributed by atoms with Gasteiger partial charge in [-0.1, -0.05) is 24.4 Å². The Morgan fingerprint density at radius 3 is 2.67 bits per heavy atom. The predicted molar refractivity (Wildman–Crippen MR) is 85.1 cm³/mol. The summed E-state index contributed by atoms with van der Waals surface area (Å²) in [7, 11) is 0. The van der Waals surface area contributed by atoms with Crippen LogP contribution in [0.4, 0.5) is 4.79 Å². The van der Waals surface area contributed by atoms with Crippen LogP contribution >= 0.6 is 11.6 Å². The molecule has 0 radical (unpaired) electrons. The van der Waals surface area contributed by atoms with E-state index in [-0.39, 0.29) is 6.03 Å². The Morgan fingerprint density at radius 1 is 1.29 bits per heavy atom. The molecule has 1 aliphatic heterocycles. The number of benzene rings is 1. The minimum absolute atomic E-state index is 0.0216. The van der Waals surface area contributed by atoms with Gasteiger partial charge in [-0.2, -0.15) is 0 Å². The molecule has 2 rings (SSSR count). The Balaban J connectivity index is 1.70. The standard InChI is InChI=1S/C16H23ClN2O2/c1-13-12-14(17)6-7-15(13)21-11-8-18-16(20)19-9-4-2-3-5-10-19/h6-7,12H,2-5,8-11H2,1H3,(H,18,20). The summed E-state index contributed by atoms with van der Waals surface area (Å²) < 4.78 is 5.66. The van der Waals surface area contributed by atoms with E-state index in [1.165, 1.54) is 12.8 Å². The molecule has 0 bridgehead atoms. The number of nitrogens with zero attached hydrogens (tertiary/aromatic N) is 1. The Morgan fingerprint density at radius 2 is 2.00 bits per heavy atom. The normalized spacial score (nSPS) is 15.4. The Kier molecular flexibility index (Phi) is 6.18. The summed E-state index contributed by atoms with van der Waals surface area (Å²) in [5, 5.41) is 3.62. The van der Waals surface area contributed by atoms with Crippen LogP contribution in [0.15, 0.2) is 18.2 Å². The highest BCUT2D eigenvalue weighted by molar-refractivity contribution is 6.30. The van der Waals surface area contributed by atoms with Crippen molar-refractivity contribution >= 4 is 17.6 Å². The van der Waals surface area contributed by atoms with Gasteiger partial charge in [0, 0.05) is 18.1 Å². The molecule has 1 fully saturated rings. The lowest BCUT2D eigenvalue weighted by atomic mass is 10.2. The van der Waals surface area contributed by atoms with E-state index in [9.17, 15) is 4.79 Å². The van der Waals surface area contributed by atoms with Crippen LogP contribution in [0.2, 0.25) is 5.02 Å². The van der Waals surface area contributed by atoms with Crippen molar-refractivity contribution in [2.24, 2.45) is 0 Å². The molecule has 1 aliphatic rings. The molecule has 5 heteroatoms. The lowest BCUT2D eigenvalue weighted by molar-refractivity contribution is 0.196. The van der Waals surface area contributed by atoms with E-state index in [4.69, 9.17) is 16.3 Å². The van der Waals surface area contributed by atoms with E-state index in [2.05, 4.69) is 5.32 Å². The molecule has 2 amide bonds. The van der Waals surface area contributed by atoms with Gasteiger partial charge in [-0.05, 0) is 43.5 Å². The zero-order valence-corrected chi connectivity index (χ0v) is 13.3. The highest BCUT2D eigenvalue weighted by atomic mass is 35.5. The number of halogens is 1. The molecule has 0 atom stereocenters. The van der Waals surface area contributed by atoms with Crippen LogP contribution < -0.4 is 10.1 Å². The van der Waals surface area contributed by atoms with Crippen molar-refractivity contribution in [1.29, 1.82) is 0 Å². The SMILES string of the molecule is Cc1cc(Cl)ccc1OCCNC(=O)N1CCCCCC1. The van der Waals surface area contributed by atoms with Crippen molar-refractivity contribution in [1.82, 2.24) is 10.2 Å². The van der Waals surface area contributed by atoms with Gasteiger partial charge >= 0.3 is 6.03 Å². The van der Waals surface area contributed by atoms with Gasteiger partial charge in [-0.3, -0.25) is 0 Å². The highest BCUT2D eigenvalue weighted by Crippen LogP contribution is 2.21. The first kappa shape index (κ1) is 16.0. The molecule has 1 heterocycles. The minimum Gasteiger partial charge on any atom is -0.491 e. The first-order chi connectivity index (χ1) is 10.2. The molecule has 21 heavy (non-hydrogen) atoms. The third-order valence-electron chi connectivity index (χ3n) is 3.67. The Hall–Kier alpha value is -1.42. The van der Waals surface area contributed by atoms with E-state index >= 15 is 0 Å². The molecule has 1 aromatic rings. The predicted octanol–water partition coefficient (Wildman–Crippen LogP) is 3.61. The molecule has 116 valence electrons. The molecule has 0 unspecified atom stereocenters. The number of rotatable bonds is 4. The molecule has 0 saturated carbocycles. The van der Waals surface area contributed by atoms with Crippen LogP contribution in [0.5, 0.6) is 5.75 Å². The van der Waals surface area contributed by atoms with Crippen LogP contribution in [-0.2, 0) is 0 Å². The largest absolute Gasteiger partial charge is 0.491 e. The van der Waals surface area contributed by atoms with Gasteiger partial charge in [-0.25, -0.2) is 4.79 Å². The van der Waals surface area contributed by atoms with E-state index < -0.39 is 0 Å². The number of aryl methyl sites for hydroxylation is 1. The van der Waals surface area contributed by atoms with Crippen LogP contribution in [0.25, 0.3) is 0 Å². The third-order valence-corrected chi connectivity index (χ3v) is 3.90. The number of carbonyl (C=O) groups excluding carboxylic acids is 1. The van der Waals surface area contributed by atoms with Crippen molar-refractivity contribution < 1.29 is 9.53 Å². The van der Waals surface area contributed by atoms with Crippen molar-refractivity contribution in [3.63, 3.8) is 0 Å². The van der Waals surface area contributed by atoms with Crippen molar-refractivity contribution in [2.45, 2.75) is 32.6 Å². The summed E-state index contributed by atoms with van der Waals surface area (Å²) in [6.07, 6.45) is 4.66. The molecule has 1 saturated heterocycles. The summed E-state index contributed by atoms with van der Waals surface area (Å²) in [6, 6.07) is 5.55. The Labute approximate surface area is 131 Å².